The molecular weight excluding hydrogens is 245 g/mol. The molecule has 1 radical (unpaired) electrons. The lowest BCUT2D eigenvalue weighted by Gasteiger charge is -2.09. The van der Waals surface area contributed by atoms with Crippen molar-refractivity contribution in [2.45, 2.75) is 6.18 Å². The highest BCUT2D eigenvalue weighted by molar-refractivity contribution is 5.56. The van der Waals surface area contributed by atoms with Gasteiger partial charge in [0.2, 0.25) is 0 Å². The van der Waals surface area contributed by atoms with E-state index >= 15 is 0 Å². The molecule has 0 saturated heterocycles. The number of non-ortho nitro benzene ring substituents is 1. The Labute approximate surface area is 92.0 Å². The lowest BCUT2D eigenvalue weighted by Crippen LogP contribution is -2.10. The highest BCUT2D eigenvalue weighted by Crippen LogP contribution is 2.38. The predicted molar refractivity (Wildman–Crippen MR) is 49.2 cm³/mol. The number of alkyl halides is 3. The fourth-order valence-electron chi connectivity index (χ4n) is 1.16. The van der Waals surface area contributed by atoms with Crippen LogP contribution < -0.4 is 0 Å². The Hall–Kier alpha value is -2.19. The van der Waals surface area contributed by atoms with Crippen LogP contribution in [0.25, 0.3) is 0 Å². The standard InChI is InChI=1S/C8H4F3N2O4/c1-4-6(8(9,10)11)2-5(12(14)15)3-7(4)13(16)17/h2-3H,1H2. The summed E-state index contributed by atoms with van der Waals surface area (Å²) < 4.78 is 37.4. The van der Waals surface area contributed by atoms with E-state index in [0.29, 0.717) is 6.07 Å². The fourth-order valence-corrected chi connectivity index (χ4v) is 1.16. The molecule has 0 aliphatic heterocycles. The van der Waals surface area contributed by atoms with Crippen molar-refractivity contribution in [3.05, 3.63) is 50.4 Å². The minimum absolute atomic E-state index is 0.218. The summed E-state index contributed by atoms with van der Waals surface area (Å²) in [6.07, 6.45) is -4.94. The zero-order chi connectivity index (χ0) is 13.4. The van der Waals surface area contributed by atoms with E-state index in [2.05, 4.69) is 6.92 Å². The van der Waals surface area contributed by atoms with Gasteiger partial charge in [-0.2, -0.15) is 13.2 Å². The largest absolute Gasteiger partial charge is 0.417 e. The second kappa shape index (κ2) is 4.00. The molecule has 0 amide bonds. The first kappa shape index (κ1) is 12.9. The summed E-state index contributed by atoms with van der Waals surface area (Å²) in [6, 6.07) is 0.660. The summed E-state index contributed by atoms with van der Waals surface area (Å²) >= 11 is 0. The van der Waals surface area contributed by atoms with Crippen LogP contribution in [0.3, 0.4) is 0 Å². The van der Waals surface area contributed by atoms with Crippen LogP contribution in [0.15, 0.2) is 12.1 Å². The van der Waals surface area contributed by atoms with E-state index in [1.807, 2.05) is 0 Å². The molecule has 0 aliphatic rings. The summed E-state index contributed by atoms with van der Waals surface area (Å²) in [7, 11) is 0. The van der Waals surface area contributed by atoms with Crippen molar-refractivity contribution in [1.29, 1.82) is 0 Å². The zero-order valence-corrected chi connectivity index (χ0v) is 8.02. The van der Waals surface area contributed by atoms with Gasteiger partial charge >= 0.3 is 6.18 Å². The number of nitrogens with zero attached hydrogens (tertiary/aromatic N) is 2. The Bertz CT molecular complexity index is 498. The third-order valence-electron chi connectivity index (χ3n) is 1.92. The maximum atomic E-state index is 12.5. The van der Waals surface area contributed by atoms with E-state index in [4.69, 9.17) is 0 Å². The average Bonchev–Trinajstić information content (AvgIpc) is 2.15. The second-order valence-electron chi connectivity index (χ2n) is 3.00. The first-order chi connectivity index (χ1) is 7.64. The molecule has 0 fully saturated rings. The molecule has 6 nitrogen and oxygen atoms in total. The highest BCUT2D eigenvalue weighted by atomic mass is 19.4. The van der Waals surface area contributed by atoms with Gasteiger partial charge in [0.1, 0.15) is 0 Å². The molecule has 0 unspecified atom stereocenters. The van der Waals surface area contributed by atoms with E-state index in [1.54, 1.807) is 0 Å². The van der Waals surface area contributed by atoms with Crippen LogP contribution in [0.2, 0.25) is 0 Å². The van der Waals surface area contributed by atoms with Gasteiger partial charge in [0, 0.05) is 11.6 Å². The third kappa shape index (κ3) is 2.49. The Morgan fingerprint density at radius 2 is 1.65 bits per heavy atom. The maximum Gasteiger partial charge on any atom is 0.417 e. The molecule has 1 aromatic rings. The van der Waals surface area contributed by atoms with E-state index in [-0.39, 0.29) is 6.07 Å². The van der Waals surface area contributed by atoms with Crippen molar-refractivity contribution in [2.24, 2.45) is 0 Å². The Balaban J connectivity index is 3.60. The molecule has 91 valence electrons. The summed E-state index contributed by atoms with van der Waals surface area (Å²) in [6.45, 7) is 2.92. The van der Waals surface area contributed by atoms with E-state index < -0.39 is 38.5 Å². The van der Waals surface area contributed by atoms with Gasteiger partial charge in [-0.15, -0.1) is 0 Å². The van der Waals surface area contributed by atoms with Gasteiger partial charge in [0.15, 0.2) is 0 Å². The SMILES string of the molecule is [CH2]c1c([N+](=O)[O-])cc([N+](=O)[O-])cc1C(F)(F)F. The maximum absolute atomic E-state index is 12.5. The number of rotatable bonds is 2. The summed E-state index contributed by atoms with van der Waals surface area (Å²) in [5.41, 5.74) is -4.42. The first-order valence-corrected chi connectivity index (χ1v) is 4.00. The molecule has 0 saturated carbocycles. The number of nitro benzene ring substituents is 2. The number of hydrogen-bond donors (Lipinski definition) is 0. The van der Waals surface area contributed by atoms with Crippen LogP contribution >= 0.6 is 0 Å². The fraction of sp³-hybridized carbons (Fsp3) is 0.125. The Kier molecular flexibility index (Phi) is 3.03. The number of nitro groups is 2. The second-order valence-corrected chi connectivity index (χ2v) is 3.00. The van der Waals surface area contributed by atoms with Gasteiger partial charge in [-0.25, -0.2) is 0 Å². The van der Waals surface area contributed by atoms with Crippen molar-refractivity contribution in [3.63, 3.8) is 0 Å². The molecule has 1 aromatic carbocycles. The van der Waals surface area contributed by atoms with Crippen LogP contribution in [-0.4, -0.2) is 9.85 Å². The lowest BCUT2D eigenvalue weighted by atomic mass is 10.1. The molecule has 0 spiro atoms. The molecule has 0 N–H and O–H groups in total. The molecule has 0 aliphatic carbocycles. The Morgan fingerprint density at radius 1 is 1.12 bits per heavy atom. The molecule has 1 rings (SSSR count). The van der Waals surface area contributed by atoms with E-state index in [0.717, 1.165) is 0 Å². The van der Waals surface area contributed by atoms with Crippen molar-refractivity contribution < 1.29 is 23.0 Å². The van der Waals surface area contributed by atoms with E-state index in [1.165, 1.54) is 0 Å². The molecule has 9 heteroatoms. The quantitative estimate of drug-likeness (QED) is 0.595. The number of benzene rings is 1. The van der Waals surface area contributed by atoms with Crippen LogP contribution in [0.5, 0.6) is 0 Å². The van der Waals surface area contributed by atoms with Crippen LogP contribution in [0.4, 0.5) is 24.5 Å². The van der Waals surface area contributed by atoms with Crippen LogP contribution in [0.1, 0.15) is 11.1 Å². The lowest BCUT2D eigenvalue weighted by molar-refractivity contribution is -0.394. The third-order valence-corrected chi connectivity index (χ3v) is 1.92. The monoisotopic (exact) mass is 249 g/mol. The molecule has 0 aromatic heterocycles. The van der Waals surface area contributed by atoms with Gasteiger partial charge in [-0.3, -0.25) is 20.2 Å². The number of halogens is 3. The van der Waals surface area contributed by atoms with Crippen molar-refractivity contribution in [2.75, 3.05) is 0 Å². The predicted octanol–water partition coefficient (Wildman–Crippen LogP) is 2.70. The van der Waals surface area contributed by atoms with Gasteiger partial charge in [0.05, 0.1) is 21.5 Å². The first-order valence-electron chi connectivity index (χ1n) is 4.00. The highest BCUT2D eigenvalue weighted by Gasteiger charge is 2.37. The van der Waals surface area contributed by atoms with Crippen LogP contribution in [0, 0.1) is 27.2 Å². The van der Waals surface area contributed by atoms with Crippen molar-refractivity contribution in [3.8, 4) is 0 Å². The summed E-state index contributed by atoms with van der Waals surface area (Å²) in [5, 5.41) is 20.8. The van der Waals surface area contributed by atoms with Gasteiger partial charge in [-0.05, 0) is 6.92 Å². The summed E-state index contributed by atoms with van der Waals surface area (Å²) in [5.74, 6) is 0. The molecule has 17 heavy (non-hydrogen) atoms. The Morgan fingerprint density at radius 3 is 2.00 bits per heavy atom. The normalized spacial score (nSPS) is 11.3. The zero-order valence-electron chi connectivity index (χ0n) is 8.02. The van der Waals surface area contributed by atoms with Crippen molar-refractivity contribution in [1.82, 2.24) is 0 Å². The topological polar surface area (TPSA) is 86.3 Å². The van der Waals surface area contributed by atoms with Crippen molar-refractivity contribution >= 4 is 11.4 Å². The average molecular weight is 249 g/mol. The minimum atomic E-state index is -4.94. The van der Waals surface area contributed by atoms with Gasteiger partial charge in [0.25, 0.3) is 11.4 Å². The summed E-state index contributed by atoms with van der Waals surface area (Å²) in [4.78, 5) is 18.5. The van der Waals surface area contributed by atoms with Crippen LogP contribution in [-0.2, 0) is 6.18 Å². The molecule has 0 atom stereocenters. The van der Waals surface area contributed by atoms with Gasteiger partial charge in [-0.1, -0.05) is 0 Å². The van der Waals surface area contributed by atoms with E-state index in [9.17, 15) is 33.4 Å². The van der Waals surface area contributed by atoms with Gasteiger partial charge < -0.3 is 0 Å². The molecule has 0 bridgehead atoms. The smallest absolute Gasteiger partial charge is 0.258 e. The molecular formula is C8H4F3N2O4. The molecule has 0 heterocycles. The number of hydrogen-bond acceptors (Lipinski definition) is 4. The minimum Gasteiger partial charge on any atom is -0.258 e.